The first kappa shape index (κ1) is 38.5. The van der Waals surface area contributed by atoms with Crippen molar-refractivity contribution in [3.8, 4) is 5.75 Å². The van der Waals surface area contributed by atoms with Gasteiger partial charge in [-0.25, -0.2) is 0 Å². The fraction of sp³-hybridized carbons (Fsp3) is 0.467. The Labute approximate surface area is 322 Å². The number of amides is 2. The van der Waals surface area contributed by atoms with E-state index in [1.165, 1.54) is 15.9 Å². The molecule has 0 bridgehead atoms. The highest BCUT2D eigenvalue weighted by atomic mass is 28.4. The van der Waals surface area contributed by atoms with Crippen molar-refractivity contribution < 1.29 is 28.8 Å². The van der Waals surface area contributed by atoms with Gasteiger partial charge >= 0.3 is 7.12 Å². The summed E-state index contributed by atoms with van der Waals surface area (Å²) in [4.78, 5) is 30.6. The molecule has 2 heterocycles. The van der Waals surface area contributed by atoms with Gasteiger partial charge in [-0.15, -0.1) is 0 Å². The van der Waals surface area contributed by atoms with Gasteiger partial charge in [0.15, 0.2) is 0 Å². The summed E-state index contributed by atoms with van der Waals surface area (Å²) < 4.78 is 14.0. The molecule has 0 radical (unpaired) electrons. The number of likely N-dealkylation sites (tertiary alicyclic amines) is 1. The topological polar surface area (TPSA) is 96.3 Å². The lowest BCUT2D eigenvalue weighted by atomic mass is 9.58. The van der Waals surface area contributed by atoms with E-state index in [4.69, 9.17) is 9.08 Å². The molecule has 7 nitrogen and oxygen atoms in total. The van der Waals surface area contributed by atoms with Gasteiger partial charge in [-0.3, -0.25) is 14.5 Å². The molecule has 0 unspecified atom stereocenters. The van der Waals surface area contributed by atoms with Crippen LogP contribution in [0.15, 0.2) is 102 Å². The first-order valence-electron chi connectivity index (χ1n) is 20.2. The maximum absolute atomic E-state index is 14.5. The number of rotatable bonds is 11. The Morgan fingerprint density at radius 3 is 2.20 bits per heavy atom. The molecule has 3 aromatic carbocycles. The van der Waals surface area contributed by atoms with Crippen LogP contribution in [0.1, 0.15) is 91.0 Å². The predicted molar refractivity (Wildman–Crippen MR) is 218 cm³/mol. The highest BCUT2D eigenvalue weighted by Gasteiger charge is 2.59. The number of hydrogen-bond acceptors (Lipinski definition) is 6. The molecule has 2 aliphatic heterocycles. The van der Waals surface area contributed by atoms with Gasteiger partial charge in [-0.1, -0.05) is 131 Å². The molecular formula is C45H56BNO6Si. The molecule has 2 amide bonds. The number of nitrogens with zero attached hydrogens (tertiary/aromatic N) is 1. The number of phenols is 1. The molecule has 4 atom stereocenters. The second-order valence-corrected chi connectivity index (χ2v) is 21.2. The van der Waals surface area contributed by atoms with E-state index in [1.807, 2.05) is 24.3 Å². The maximum atomic E-state index is 14.5. The summed E-state index contributed by atoms with van der Waals surface area (Å²) in [5.74, 6) is -1.14. The summed E-state index contributed by atoms with van der Waals surface area (Å²) in [6.45, 7) is 9.26. The number of fused-ring (bicyclic) bond motifs is 3. The fourth-order valence-corrected chi connectivity index (χ4v) is 14.6. The standard InChI is InChI=1S/C45H56BNO6Si/c1-5-31(26-32-16-15-19-35(48)27-32)24-25-40-41-33(30-52-54(45(2,3)4,36-20-11-7-12-21-36)37-22-13-8-14-23-37)28-38-42(39(41)29-46(51)53-40)44(50)47(43(38)49)34-17-9-6-10-18-34/h7-8,11-16,19-23,26-27,34,38-40,42,48,51H,5-6,9-10,17-18,24-25,28-30H2,1-4H3/b31-26+/t38-,39+,40-,42-/m1/s1. The number of carbonyl (C=O) groups is 2. The SMILES string of the molecule is CC/C(=C\c1cccc(O)c1)CC[C@H]1OB(O)C[C@H]2C1=C(CO[Si](c1ccccc1)(c1ccccc1)C(C)(C)C)C[C@H]1C(=O)N(C3CCCCC3)C(=O)[C@H]12. The van der Waals surface area contributed by atoms with Gasteiger partial charge in [0.05, 0.1) is 24.5 Å². The van der Waals surface area contributed by atoms with Gasteiger partial charge in [0.25, 0.3) is 8.32 Å². The quantitative estimate of drug-likeness (QED) is 0.119. The van der Waals surface area contributed by atoms with E-state index in [1.54, 1.807) is 17.0 Å². The van der Waals surface area contributed by atoms with Crippen molar-refractivity contribution in [1.29, 1.82) is 0 Å². The Balaban J connectivity index is 1.29. The Morgan fingerprint density at radius 1 is 0.926 bits per heavy atom. The molecule has 2 aliphatic carbocycles. The number of aromatic hydroxyl groups is 1. The number of phenolic OH excluding ortho intramolecular Hbond substituents is 1. The summed E-state index contributed by atoms with van der Waals surface area (Å²) in [6.07, 6.45) is 9.54. The van der Waals surface area contributed by atoms with Crippen molar-refractivity contribution in [2.45, 2.75) is 109 Å². The van der Waals surface area contributed by atoms with Crippen LogP contribution in [0.3, 0.4) is 0 Å². The summed E-state index contributed by atoms with van der Waals surface area (Å²) in [5, 5.41) is 23.6. The number of hydrogen-bond donors (Lipinski definition) is 2. The lowest BCUT2D eigenvalue weighted by molar-refractivity contribution is -0.143. The molecule has 3 aromatic rings. The van der Waals surface area contributed by atoms with Crippen LogP contribution in [-0.4, -0.2) is 61.0 Å². The van der Waals surface area contributed by atoms with Crippen molar-refractivity contribution in [3.05, 3.63) is 107 Å². The van der Waals surface area contributed by atoms with Crippen molar-refractivity contribution in [1.82, 2.24) is 4.90 Å². The second-order valence-electron chi connectivity index (χ2n) is 16.9. The number of imide groups is 1. The molecule has 9 heteroatoms. The van der Waals surface area contributed by atoms with E-state index in [2.05, 4.69) is 82.3 Å². The van der Waals surface area contributed by atoms with Gasteiger partial charge in [0.2, 0.25) is 11.8 Å². The van der Waals surface area contributed by atoms with Crippen LogP contribution >= 0.6 is 0 Å². The molecule has 7 rings (SSSR count). The van der Waals surface area contributed by atoms with E-state index in [0.29, 0.717) is 19.4 Å². The molecule has 2 N–H and O–H groups in total. The number of allylic oxidation sites excluding steroid dienone is 1. The molecule has 4 aliphatic rings. The monoisotopic (exact) mass is 745 g/mol. The Hall–Kier alpha value is -3.76. The smallest absolute Gasteiger partial charge is 0.455 e. The van der Waals surface area contributed by atoms with Crippen LogP contribution < -0.4 is 10.4 Å². The largest absolute Gasteiger partial charge is 0.508 e. The highest BCUT2D eigenvalue weighted by molar-refractivity contribution is 6.99. The molecular weight excluding hydrogens is 689 g/mol. The third kappa shape index (κ3) is 7.45. The molecule has 1 saturated carbocycles. The van der Waals surface area contributed by atoms with Crippen LogP contribution in [0.2, 0.25) is 11.4 Å². The number of carbonyl (C=O) groups excluding carboxylic acids is 2. The van der Waals surface area contributed by atoms with E-state index in [0.717, 1.165) is 61.7 Å². The zero-order valence-electron chi connectivity index (χ0n) is 32.4. The molecule has 3 fully saturated rings. The first-order chi connectivity index (χ1) is 26.0. The zero-order valence-corrected chi connectivity index (χ0v) is 33.4. The predicted octanol–water partition coefficient (Wildman–Crippen LogP) is 7.67. The van der Waals surface area contributed by atoms with Crippen LogP contribution in [-0.2, 0) is 18.7 Å². The second kappa shape index (κ2) is 16.1. The normalized spacial score (nSPS) is 24.2. The summed E-state index contributed by atoms with van der Waals surface area (Å²) >= 11 is 0. The summed E-state index contributed by atoms with van der Waals surface area (Å²) in [7, 11) is -3.97. The number of benzene rings is 3. The van der Waals surface area contributed by atoms with E-state index in [-0.39, 0.29) is 40.9 Å². The molecule has 2 saturated heterocycles. The molecule has 284 valence electrons. The Kier molecular flexibility index (Phi) is 11.5. The van der Waals surface area contributed by atoms with Crippen molar-refractivity contribution in [2.24, 2.45) is 17.8 Å². The molecule has 0 aromatic heterocycles. The van der Waals surface area contributed by atoms with E-state index in [9.17, 15) is 19.7 Å². The highest BCUT2D eigenvalue weighted by Crippen LogP contribution is 2.52. The minimum Gasteiger partial charge on any atom is -0.508 e. The van der Waals surface area contributed by atoms with Gasteiger partial charge in [-0.2, -0.15) is 0 Å². The Morgan fingerprint density at radius 2 is 1.59 bits per heavy atom. The average Bonchev–Trinajstić information content (AvgIpc) is 3.42. The van der Waals surface area contributed by atoms with Gasteiger partial charge in [0.1, 0.15) is 5.75 Å². The van der Waals surface area contributed by atoms with Crippen LogP contribution in [0.25, 0.3) is 6.08 Å². The van der Waals surface area contributed by atoms with Gasteiger partial charge in [0, 0.05) is 6.04 Å². The lowest BCUT2D eigenvalue weighted by Gasteiger charge is -2.46. The molecule has 54 heavy (non-hydrogen) atoms. The van der Waals surface area contributed by atoms with E-state index >= 15 is 0 Å². The van der Waals surface area contributed by atoms with Gasteiger partial charge in [-0.05, 0) is 95.0 Å². The van der Waals surface area contributed by atoms with Crippen molar-refractivity contribution in [2.75, 3.05) is 6.61 Å². The van der Waals surface area contributed by atoms with Crippen LogP contribution in [0.4, 0.5) is 0 Å². The third-order valence-corrected chi connectivity index (χ3v) is 17.6. The minimum absolute atomic E-state index is 0.0418. The minimum atomic E-state index is -2.94. The van der Waals surface area contributed by atoms with Crippen LogP contribution in [0, 0.1) is 17.8 Å². The van der Waals surface area contributed by atoms with Gasteiger partial charge < -0.3 is 19.2 Å². The summed E-state index contributed by atoms with van der Waals surface area (Å²) in [5.41, 5.74) is 4.24. The summed E-state index contributed by atoms with van der Waals surface area (Å²) in [6, 6.07) is 28.4. The third-order valence-electron chi connectivity index (χ3n) is 12.6. The van der Waals surface area contributed by atoms with Crippen LogP contribution in [0.5, 0.6) is 5.75 Å². The fourth-order valence-electron chi connectivity index (χ4n) is 10.1. The Bertz CT molecular complexity index is 1830. The zero-order chi connectivity index (χ0) is 38.0. The van der Waals surface area contributed by atoms with Crippen molar-refractivity contribution >= 4 is 43.7 Å². The van der Waals surface area contributed by atoms with E-state index < -0.39 is 33.4 Å². The lowest BCUT2D eigenvalue weighted by Crippen LogP contribution is -2.66. The van der Waals surface area contributed by atoms with Crippen molar-refractivity contribution in [3.63, 3.8) is 0 Å². The molecule has 0 spiro atoms. The first-order valence-corrected chi connectivity index (χ1v) is 22.1. The maximum Gasteiger partial charge on any atom is 0.455 e. The average molecular weight is 746 g/mol.